The molecule has 0 spiro atoms. The number of nitrogens with zero attached hydrogens (tertiary/aromatic N) is 1. The van der Waals surface area contributed by atoms with Crippen molar-refractivity contribution in [3.8, 4) is 6.07 Å². The van der Waals surface area contributed by atoms with E-state index in [1.807, 2.05) is 13.8 Å². The molecule has 2 atom stereocenters. The zero-order chi connectivity index (χ0) is 11.1. The van der Waals surface area contributed by atoms with Gasteiger partial charge in [0, 0.05) is 12.5 Å². The summed E-state index contributed by atoms with van der Waals surface area (Å²) in [6.45, 7) is 7.40. The Balaban J connectivity index is 2.19. The second-order valence-corrected chi connectivity index (χ2v) is 4.22. The maximum Gasteiger partial charge on any atom is 0.127 e. The molecule has 1 N–H and O–H groups in total. The first kappa shape index (κ1) is 12.4. The third kappa shape index (κ3) is 4.17. The Morgan fingerprint density at radius 1 is 1.67 bits per heavy atom. The first-order valence-corrected chi connectivity index (χ1v) is 5.52. The summed E-state index contributed by atoms with van der Waals surface area (Å²) < 4.78 is 10.8. The summed E-state index contributed by atoms with van der Waals surface area (Å²) in [5.41, 5.74) is -0.561. The third-order valence-electron chi connectivity index (χ3n) is 2.58. The SMILES string of the molecule is CCNC(C)(C#N)COCC1CCOC1. The van der Waals surface area contributed by atoms with Crippen LogP contribution in [-0.4, -0.2) is 38.5 Å². The molecule has 0 amide bonds. The highest BCUT2D eigenvalue weighted by atomic mass is 16.5. The molecule has 0 aromatic rings. The molecule has 1 rings (SSSR count). The zero-order valence-corrected chi connectivity index (χ0v) is 9.58. The number of nitrogens with one attached hydrogen (secondary N) is 1. The highest BCUT2D eigenvalue weighted by Gasteiger charge is 2.24. The summed E-state index contributed by atoms with van der Waals surface area (Å²) >= 11 is 0. The van der Waals surface area contributed by atoms with E-state index in [1.165, 1.54) is 0 Å². The maximum atomic E-state index is 8.99. The quantitative estimate of drug-likeness (QED) is 0.711. The molecule has 0 aromatic heterocycles. The van der Waals surface area contributed by atoms with Gasteiger partial charge >= 0.3 is 0 Å². The van der Waals surface area contributed by atoms with E-state index >= 15 is 0 Å². The molecule has 4 nitrogen and oxygen atoms in total. The van der Waals surface area contributed by atoms with Crippen molar-refractivity contribution >= 4 is 0 Å². The monoisotopic (exact) mass is 212 g/mol. The van der Waals surface area contributed by atoms with Crippen LogP contribution in [0.4, 0.5) is 0 Å². The van der Waals surface area contributed by atoms with Gasteiger partial charge in [-0.15, -0.1) is 0 Å². The molecule has 0 saturated carbocycles. The summed E-state index contributed by atoms with van der Waals surface area (Å²) in [7, 11) is 0. The van der Waals surface area contributed by atoms with Gasteiger partial charge in [-0.05, 0) is 19.9 Å². The Hall–Kier alpha value is -0.630. The predicted octanol–water partition coefficient (Wildman–Crippen LogP) is 0.931. The van der Waals surface area contributed by atoms with Crippen LogP contribution in [0.15, 0.2) is 0 Å². The Labute approximate surface area is 91.6 Å². The van der Waals surface area contributed by atoms with E-state index in [4.69, 9.17) is 14.7 Å². The van der Waals surface area contributed by atoms with Gasteiger partial charge in [-0.3, -0.25) is 5.32 Å². The van der Waals surface area contributed by atoms with Crippen molar-refractivity contribution in [2.24, 2.45) is 5.92 Å². The van der Waals surface area contributed by atoms with Crippen molar-refractivity contribution in [3.05, 3.63) is 0 Å². The van der Waals surface area contributed by atoms with Crippen molar-refractivity contribution in [2.75, 3.05) is 33.0 Å². The average Bonchev–Trinajstić information content (AvgIpc) is 2.71. The number of nitriles is 1. The van der Waals surface area contributed by atoms with Gasteiger partial charge in [0.05, 0.1) is 25.9 Å². The lowest BCUT2D eigenvalue weighted by Gasteiger charge is -2.22. The van der Waals surface area contributed by atoms with Crippen LogP contribution in [0.3, 0.4) is 0 Å². The molecule has 0 radical (unpaired) electrons. The Bertz CT molecular complexity index is 221. The normalized spacial score (nSPS) is 24.7. The number of ether oxygens (including phenoxy) is 2. The second kappa shape index (κ2) is 6.06. The molecule has 0 bridgehead atoms. The summed E-state index contributed by atoms with van der Waals surface area (Å²) in [6, 6.07) is 2.24. The summed E-state index contributed by atoms with van der Waals surface area (Å²) in [5, 5.41) is 12.1. The lowest BCUT2D eigenvalue weighted by Crippen LogP contribution is -2.45. The predicted molar refractivity (Wildman–Crippen MR) is 57.4 cm³/mol. The van der Waals surface area contributed by atoms with Crippen molar-refractivity contribution in [1.29, 1.82) is 5.26 Å². The Morgan fingerprint density at radius 2 is 2.47 bits per heavy atom. The Kier molecular flexibility index (Phi) is 5.03. The molecule has 15 heavy (non-hydrogen) atoms. The van der Waals surface area contributed by atoms with Gasteiger partial charge in [-0.1, -0.05) is 6.92 Å². The van der Waals surface area contributed by atoms with Crippen LogP contribution < -0.4 is 5.32 Å². The van der Waals surface area contributed by atoms with E-state index in [0.717, 1.165) is 26.2 Å². The number of likely N-dealkylation sites (N-methyl/N-ethyl adjacent to an activating group) is 1. The number of hydrogen-bond donors (Lipinski definition) is 1. The van der Waals surface area contributed by atoms with Gasteiger partial charge < -0.3 is 9.47 Å². The molecule has 86 valence electrons. The van der Waals surface area contributed by atoms with Crippen LogP contribution in [0.1, 0.15) is 20.3 Å². The Morgan fingerprint density at radius 3 is 3.00 bits per heavy atom. The molecule has 0 aliphatic carbocycles. The topological polar surface area (TPSA) is 54.3 Å². The van der Waals surface area contributed by atoms with Gasteiger partial charge in [-0.25, -0.2) is 0 Å². The lowest BCUT2D eigenvalue weighted by molar-refractivity contribution is 0.0635. The van der Waals surface area contributed by atoms with Crippen LogP contribution in [0.5, 0.6) is 0 Å². The van der Waals surface area contributed by atoms with Gasteiger partial charge in [0.15, 0.2) is 0 Å². The van der Waals surface area contributed by atoms with Crippen molar-refractivity contribution in [1.82, 2.24) is 5.32 Å². The highest BCUT2D eigenvalue weighted by molar-refractivity contribution is 5.03. The molecule has 1 heterocycles. The van der Waals surface area contributed by atoms with E-state index in [2.05, 4.69) is 11.4 Å². The highest BCUT2D eigenvalue weighted by Crippen LogP contribution is 2.13. The van der Waals surface area contributed by atoms with E-state index < -0.39 is 5.54 Å². The van der Waals surface area contributed by atoms with Crippen LogP contribution >= 0.6 is 0 Å². The molecule has 2 unspecified atom stereocenters. The lowest BCUT2D eigenvalue weighted by atomic mass is 10.1. The third-order valence-corrected chi connectivity index (χ3v) is 2.58. The maximum absolute atomic E-state index is 8.99. The molecule has 4 heteroatoms. The average molecular weight is 212 g/mol. The van der Waals surface area contributed by atoms with Crippen molar-refractivity contribution < 1.29 is 9.47 Å². The van der Waals surface area contributed by atoms with Gasteiger partial charge in [0.1, 0.15) is 5.54 Å². The van der Waals surface area contributed by atoms with Crippen LogP contribution in [0, 0.1) is 17.2 Å². The summed E-state index contributed by atoms with van der Waals surface area (Å²) in [6.07, 6.45) is 1.07. The first-order valence-electron chi connectivity index (χ1n) is 5.52. The van der Waals surface area contributed by atoms with Crippen LogP contribution in [0.2, 0.25) is 0 Å². The van der Waals surface area contributed by atoms with E-state index in [9.17, 15) is 0 Å². The zero-order valence-electron chi connectivity index (χ0n) is 9.58. The van der Waals surface area contributed by atoms with Gasteiger partial charge in [0.2, 0.25) is 0 Å². The minimum atomic E-state index is -0.561. The number of hydrogen-bond acceptors (Lipinski definition) is 4. The molecule has 0 aromatic carbocycles. The molecule has 1 aliphatic heterocycles. The van der Waals surface area contributed by atoms with E-state index in [1.54, 1.807) is 0 Å². The smallest absolute Gasteiger partial charge is 0.127 e. The fourth-order valence-electron chi connectivity index (χ4n) is 1.66. The minimum absolute atomic E-state index is 0.438. The number of rotatable bonds is 6. The molecular weight excluding hydrogens is 192 g/mol. The largest absolute Gasteiger partial charge is 0.381 e. The van der Waals surface area contributed by atoms with Crippen LogP contribution in [0.25, 0.3) is 0 Å². The van der Waals surface area contributed by atoms with E-state index in [-0.39, 0.29) is 0 Å². The fourth-order valence-corrected chi connectivity index (χ4v) is 1.66. The molecule has 1 aliphatic rings. The van der Waals surface area contributed by atoms with Crippen molar-refractivity contribution in [3.63, 3.8) is 0 Å². The van der Waals surface area contributed by atoms with Crippen molar-refractivity contribution in [2.45, 2.75) is 25.8 Å². The summed E-state index contributed by atoms with van der Waals surface area (Å²) in [5.74, 6) is 0.509. The van der Waals surface area contributed by atoms with E-state index in [0.29, 0.717) is 19.1 Å². The fraction of sp³-hybridized carbons (Fsp3) is 0.909. The molecular formula is C11H20N2O2. The standard InChI is InChI=1S/C11H20N2O2/c1-3-13-11(2,8-12)9-15-7-10-4-5-14-6-10/h10,13H,3-7,9H2,1-2H3. The summed E-state index contributed by atoms with van der Waals surface area (Å²) in [4.78, 5) is 0. The van der Waals surface area contributed by atoms with Crippen LogP contribution in [-0.2, 0) is 9.47 Å². The van der Waals surface area contributed by atoms with Gasteiger partial charge in [-0.2, -0.15) is 5.26 Å². The molecule has 1 fully saturated rings. The minimum Gasteiger partial charge on any atom is -0.381 e. The second-order valence-electron chi connectivity index (χ2n) is 4.22. The first-order chi connectivity index (χ1) is 7.20. The van der Waals surface area contributed by atoms with Gasteiger partial charge in [0.25, 0.3) is 0 Å². The molecule has 1 saturated heterocycles.